The molecule has 1 heterocycles. The van der Waals surface area contributed by atoms with Gasteiger partial charge in [-0.3, -0.25) is 9.59 Å². The van der Waals surface area contributed by atoms with E-state index in [0.717, 1.165) is 28.6 Å². The predicted molar refractivity (Wildman–Crippen MR) is 97.8 cm³/mol. The maximum atomic E-state index is 12.9. The lowest BCUT2D eigenvalue weighted by Gasteiger charge is -2.12. The number of benzene rings is 2. The van der Waals surface area contributed by atoms with Gasteiger partial charge in [-0.05, 0) is 18.2 Å². The zero-order valence-corrected chi connectivity index (χ0v) is 14.4. The van der Waals surface area contributed by atoms with Gasteiger partial charge in [0.25, 0.3) is 11.8 Å². The van der Waals surface area contributed by atoms with Crippen LogP contribution in [0.4, 0.5) is 13.2 Å². The van der Waals surface area contributed by atoms with Gasteiger partial charge in [0.15, 0.2) is 0 Å². The molecule has 1 aromatic heterocycles. The molecule has 0 atom stereocenters. The molecule has 0 saturated carbocycles. The number of amides is 2. The molecule has 3 N–H and O–H groups in total. The first-order valence-corrected chi connectivity index (χ1v) is 8.18. The lowest BCUT2D eigenvalue weighted by atomic mass is 10.1. The zero-order valence-electron chi connectivity index (χ0n) is 14.4. The minimum atomic E-state index is -4.67. The molecule has 0 fully saturated rings. The van der Waals surface area contributed by atoms with Gasteiger partial charge >= 0.3 is 6.18 Å². The van der Waals surface area contributed by atoms with Crippen molar-refractivity contribution in [3.63, 3.8) is 0 Å². The van der Waals surface area contributed by atoms with Gasteiger partial charge in [-0.15, -0.1) is 0 Å². The van der Waals surface area contributed by atoms with Gasteiger partial charge in [-0.2, -0.15) is 18.3 Å². The van der Waals surface area contributed by atoms with Crippen LogP contribution in [0.25, 0.3) is 10.9 Å². The van der Waals surface area contributed by atoms with Crippen molar-refractivity contribution < 1.29 is 22.8 Å². The second-order valence-corrected chi connectivity index (χ2v) is 5.81. The number of carbonyl (C=O) groups excluding carboxylic acids is 2. The average Bonchev–Trinajstić information content (AvgIpc) is 3.09. The minimum absolute atomic E-state index is 0.518. The molecule has 0 unspecified atom stereocenters. The molecular formula is C19H15F3N4O2. The number of carbonyl (C=O) groups is 2. The van der Waals surface area contributed by atoms with Crippen LogP contribution in [-0.2, 0) is 11.0 Å². The maximum Gasteiger partial charge on any atom is 0.417 e. The molecule has 2 amide bonds. The van der Waals surface area contributed by atoms with Crippen molar-refractivity contribution >= 4 is 28.9 Å². The highest BCUT2D eigenvalue weighted by atomic mass is 19.4. The van der Waals surface area contributed by atoms with Gasteiger partial charge in [0.1, 0.15) is 0 Å². The second-order valence-electron chi connectivity index (χ2n) is 5.81. The van der Waals surface area contributed by atoms with Gasteiger partial charge in [0.2, 0.25) is 0 Å². The summed E-state index contributed by atoms with van der Waals surface area (Å²) in [5.74, 6) is -1.67. The predicted octanol–water partition coefficient (Wildman–Crippen LogP) is 3.07. The van der Waals surface area contributed by atoms with Gasteiger partial charge in [-0.1, -0.05) is 30.3 Å². The summed E-state index contributed by atoms with van der Waals surface area (Å²) in [6.45, 7) is -0.518. The molecule has 0 bridgehead atoms. The number of rotatable bonds is 5. The van der Waals surface area contributed by atoms with Crippen LogP contribution in [0.2, 0.25) is 0 Å². The van der Waals surface area contributed by atoms with Crippen molar-refractivity contribution in [2.24, 2.45) is 5.10 Å². The number of para-hydroxylation sites is 1. The Bertz CT molecular complexity index is 1040. The fourth-order valence-corrected chi connectivity index (χ4v) is 2.60. The third-order valence-electron chi connectivity index (χ3n) is 3.90. The monoisotopic (exact) mass is 388 g/mol. The summed E-state index contributed by atoms with van der Waals surface area (Å²) in [7, 11) is 0. The molecular weight excluding hydrogens is 373 g/mol. The first-order valence-electron chi connectivity index (χ1n) is 8.18. The SMILES string of the molecule is O=C(CNC(=O)c1ccccc1C(F)(F)F)N/N=C/c1c[nH]c2ccccc12. The van der Waals surface area contributed by atoms with E-state index in [9.17, 15) is 22.8 Å². The standard InChI is InChI=1S/C19H15F3N4O2/c20-19(21,22)15-7-3-1-6-14(15)18(28)24-11-17(27)26-25-10-12-9-23-16-8-4-2-5-13(12)16/h1-10,23H,11H2,(H,24,28)(H,26,27)/b25-10+. The van der Waals surface area contributed by atoms with Gasteiger partial charge in [0, 0.05) is 22.7 Å². The second kappa shape index (κ2) is 7.95. The Morgan fingerprint density at radius 2 is 1.79 bits per heavy atom. The Kier molecular flexibility index (Phi) is 5.44. The lowest BCUT2D eigenvalue weighted by Crippen LogP contribution is -2.35. The Labute approximate surface area is 157 Å². The molecule has 0 spiro atoms. The number of H-pyrrole nitrogens is 1. The van der Waals surface area contributed by atoms with Crippen LogP contribution in [0.1, 0.15) is 21.5 Å². The van der Waals surface area contributed by atoms with Gasteiger partial charge < -0.3 is 10.3 Å². The number of hydrogen-bond donors (Lipinski definition) is 3. The number of aromatic nitrogens is 1. The maximum absolute atomic E-state index is 12.9. The average molecular weight is 388 g/mol. The normalized spacial score (nSPS) is 11.7. The molecule has 144 valence electrons. The highest BCUT2D eigenvalue weighted by molar-refractivity contribution is 6.00. The van der Waals surface area contributed by atoms with E-state index in [0.29, 0.717) is 0 Å². The molecule has 0 aliphatic carbocycles. The van der Waals surface area contributed by atoms with E-state index in [1.807, 2.05) is 24.3 Å². The summed E-state index contributed by atoms with van der Waals surface area (Å²) in [5, 5.41) is 6.86. The van der Waals surface area contributed by atoms with Crippen LogP contribution >= 0.6 is 0 Å². The Balaban J connectivity index is 1.57. The van der Waals surface area contributed by atoms with Crippen molar-refractivity contribution in [2.45, 2.75) is 6.18 Å². The van der Waals surface area contributed by atoms with Crippen LogP contribution in [0, 0.1) is 0 Å². The zero-order chi connectivity index (χ0) is 20.1. The fourth-order valence-electron chi connectivity index (χ4n) is 2.60. The van der Waals surface area contributed by atoms with Gasteiger partial charge in [-0.25, -0.2) is 5.43 Å². The van der Waals surface area contributed by atoms with Crippen molar-refractivity contribution in [1.29, 1.82) is 0 Å². The third-order valence-corrected chi connectivity index (χ3v) is 3.90. The molecule has 2 aromatic carbocycles. The summed E-state index contributed by atoms with van der Waals surface area (Å²) in [4.78, 5) is 26.8. The molecule has 0 aliphatic rings. The molecule has 0 aliphatic heterocycles. The third kappa shape index (κ3) is 4.37. The molecule has 3 rings (SSSR count). The smallest absolute Gasteiger partial charge is 0.361 e. The summed E-state index contributed by atoms with van der Waals surface area (Å²) >= 11 is 0. The number of fused-ring (bicyclic) bond motifs is 1. The van der Waals surface area contributed by atoms with Crippen LogP contribution in [0.15, 0.2) is 59.8 Å². The lowest BCUT2D eigenvalue weighted by molar-refractivity contribution is -0.137. The summed E-state index contributed by atoms with van der Waals surface area (Å²) in [6, 6.07) is 11.9. The molecule has 6 nitrogen and oxygen atoms in total. The number of hydrogen-bond acceptors (Lipinski definition) is 3. The van der Waals surface area contributed by atoms with Crippen molar-refractivity contribution in [3.8, 4) is 0 Å². The van der Waals surface area contributed by atoms with Crippen LogP contribution in [0.5, 0.6) is 0 Å². The Hall–Kier alpha value is -3.62. The first-order chi connectivity index (χ1) is 13.4. The molecule has 0 saturated heterocycles. The summed E-state index contributed by atoms with van der Waals surface area (Å²) < 4.78 is 38.8. The van der Waals surface area contributed by atoms with E-state index in [1.165, 1.54) is 18.3 Å². The molecule has 3 aromatic rings. The van der Waals surface area contributed by atoms with E-state index in [-0.39, 0.29) is 0 Å². The van der Waals surface area contributed by atoms with E-state index in [1.54, 1.807) is 6.20 Å². The van der Waals surface area contributed by atoms with Crippen molar-refractivity contribution in [3.05, 3.63) is 71.4 Å². The fraction of sp³-hybridized carbons (Fsp3) is 0.105. The first kappa shape index (κ1) is 19.2. The summed E-state index contributed by atoms with van der Waals surface area (Å²) in [6.07, 6.45) is -1.52. The summed E-state index contributed by atoms with van der Waals surface area (Å²) in [5.41, 5.74) is 2.26. The number of nitrogens with zero attached hydrogens (tertiary/aromatic N) is 1. The number of halogens is 3. The van der Waals surface area contributed by atoms with E-state index < -0.39 is 35.7 Å². The van der Waals surface area contributed by atoms with Crippen LogP contribution in [-0.4, -0.2) is 29.6 Å². The van der Waals surface area contributed by atoms with E-state index in [2.05, 4.69) is 20.8 Å². The van der Waals surface area contributed by atoms with E-state index in [4.69, 9.17) is 0 Å². The molecule has 0 radical (unpaired) electrons. The highest BCUT2D eigenvalue weighted by Crippen LogP contribution is 2.31. The Morgan fingerprint density at radius 1 is 1.07 bits per heavy atom. The van der Waals surface area contributed by atoms with Gasteiger partial charge in [0.05, 0.1) is 23.9 Å². The Morgan fingerprint density at radius 3 is 2.57 bits per heavy atom. The number of nitrogens with one attached hydrogen (secondary N) is 3. The number of hydrazone groups is 1. The van der Waals surface area contributed by atoms with Crippen molar-refractivity contribution in [2.75, 3.05) is 6.54 Å². The topological polar surface area (TPSA) is 86.3 Å². The molecule has 9 heteroatoms. The number of aromatic amines is 1. The van der Waals surface area contributed by atoms with Crippen LogP contribution in [0.3, 0.4) is 0 Å². The highest BCUT2D eigenvalue weighted by Gasteiger charge is 2.34. The number of alkyl halides is 3. The van der Waals surface area contributed by atoms with Crippen molar-refractivity contribution in [1.82, 2.24) is 15.7 Å². The quantitative estimate of drug-likeness (QED) is 0.464. The minimum Gasteiger partial charge on any atom is -0.361 e. The van der Waals surface area contributed by atoms with Crippen LogP contribution < -0.4 is 10.7 Å². The molecule has 28 heavy (non-hydrogen) atoms. The van der Waals surface area contributed by atoms with E-state index >= 15 is 0 Å². The largest absolute Gasteiger partial charge is 0.417 e.